The van der Waals surface area contributed by atoms with Crippen LogP contribution in [0.5, 0.6) is 0 Å². The van der Waals surface area contributed by atoms with Crippen LogP contribution in [0.3, 0.4) is 0 Å². The van der Waals surface area contributed by atoms with Crippen LogP contribution >= 0.6 is 0 Å². The normalized spacial score (nSPS) is 22.9. The fraction of sp³-hybridized carbons (Fsp3) is 0.875. The standard InChI is InChI=1S/C16H29NO3/c1-4-6-7-11-17(12(3)8-5-2)15(18)13-9-10-14(13)16(19)20/h12-14H,4-11H2,1-3H3,(H,19,20). The summed E-state index contributed by atoms with van der Waals surface area (Å²) in [4.78, 5) is 25.7. The molecule has 0 radical (unpaired) electrons. The minimum atomic E-state index is -0.814. The predicted octanol–water partition coefficient (Wildman–Crippen LogP) is 3.30. The zero-order chi connectivity index (χ0) is 15.1. The lowest BCUT2D eigenvalue weighted by Gasteiger charge is -2.39. The van der Waals surface area contributed by atoms with Crippen molar-refractivity contribution in [2.75, 3.05) is 6.54 Å². The Labute approximate surface area is 122 Å². The first-order valence-corrected chi connectivity index (χ1v) is 8.06. The Balaban J connectivity index is 2.65. The second-order valence-electron chi connectivity index (χ2n) is 6.01. The van der Waals surface area contributed by atoms with Crippen molar-refractivity contribution >= 4 is 11.9 Å². The summed E-state index contributed by atoms with van der Waals surface area (Å²) in [5.74, 6) is -1.48. The first-order valence-electron chi connectivity index (χ1n) is 8.06. The number of nitrogens with zero attached hydrogens (tertiary/aromatic N) is 1. The van der Waals surface area contributed by atoms with Crippen LogP contribution in [0.4, 0.5) is 0 Å². The predicted molar refractivity (Wildman–Crippen MR) is 79.5 cm³/mol. The monoisotopic (exact) mass is 283 g/mol. The lowest BCUT2D eigenvalue weighted by atomic mass is 9.72. The van der Waals surface area contributed by atoms with E-state index >= 15 is 0 Å². The van der Waals surface area contributed by atoms with Crippen molar-refractivity contribution in [2.45, 2.75) is 71.8 Å². The van der Waals surface area contributed by atoms with E-state index < -0.39 is 11.9 Å². The second kappa shape index (κ2) is 8.28. The first kappa shape index (κ1) is 17.0. The van der Waals surface area contributed by atoms with E-state index in [9.17, 15) is 9.59 Å². The van der Waals surface area contributed by atoms with Crippen LogP contribution in [0.25, 0.3) is 0 Å². The lowest BCUT2D eigenvalue weighted by molar-refractivity contribution is -0.157. The maximum absolute atomic E-state index is 12.6. The van der Waals surface area contributed by atoms with Crippen molar-refractivity contribution in [1.29, 1.82) is 0 Å². The number of amides is 1. The Hall–Kier alpha value is -1.06. The van der Waals surface area contributed by atoms with Crippen LogP contribution in [-0.4, -0.2) is 34.5 Å². The van der Waals surface area contributed by atoms with E-state index in [1.165, 1.54) is 0 Å². The summed E-state index contributed by atoms with van der Waals surface area (Å²) in [6.07, 6.45) is 6.69. The molecule has 3 unspecified atom stereocenters. The molecule has 1 aliphatic rings. The molecule has 1 saturated carbocycles. The van der Waals surface area contributed by atoms with Gasteiger partial charge in [0.2, 0.25) is 5.91 Å². The smallest absolute Gasteiger partial charge is 0.307 e. The van der Waals surface area contributed by atoms with Crippen LogP contribution in [0.1, 0.15) is 65.7 Å². The SMILES string of the molecule is CCCCCN(C(=O)C1CCC1C(=O)O)C(C)CCC. The average Bonchev–Trinajstić information content (AvgIpc) is 2.32. The third kappa shape index (κ3) is 4.22. The molecule has 0 aromatic heterocycles. The summed E-state index contributed by atoms with van der Waals surface area (Å²) >= 11 is 0. The number of carbonyl (C=O) groups excluding carboxylic acids is 1. The maximum atomic E-state index is 12.6. The highest BCUT2D eigenvalue weighted by Gasteiger charge is 2.43. The quantitative estimate of drug-likeness (QED) is 0.660. The van der Waals surface area contributed by atoms with E-state index in [-0.39, 0.29) is 17.9 Å². The first-order chi connectivity index (χ1) is 9.52. The summed E-state index contributed by atoms with van der Waals surface area (Å²) in [7, 11) is 0. The number of rotatable bonds is 9. The second-order valence-corrected chi connectivity index (χ2v) is 6.01. The summed E-state index contributed by atoms with van der Waals surface area (Å²) in [5, 5.41) is 9.12. The van der Waals surface area contributed by atoms with Gasteiger partial charge in [-0.15, -0.1) is 0 Å². The van der Waals surface area contributed by atoms with Gasteiger partial charge in [0, 0.05) is 12.6 Å². The molecule has 0 aliphatic heterocycles. The van der Waals surface area contributed by atoms with Gasteiger partial charge in [-0.3, -0.25) is 9.59 Å². The minimum Gasteiger partial charge on any atom is -0.481 e. The Morgan fingerprint density at radius 2 is 1.80 bits per heavy atom. The zero-order valence-electron chi connectivity index (χ0n) is 13.1. The van der Waals surface area contributed by atoms with Crippen LogP contribution in [0.2, 0.25) is 0 Å². The van der Waals surface area contributed by atoms with Crippen molar-refractivity contribution in [3.05, 3.63) is 0 Å². The summed E-state index contributed by atoms with van der Waals surface area (Å²) in [6, 6.07) is 0.222. The molecule has 0 aromatic carbocycles. The molecule has 1 rings (SSSR count). The lowest BCUT2D eigenvalue weighted by Crippen LogP contribution is -2.49. The van der Waals surface area contributed by atoms with Gasteiger partial charge in [0.1, 0.15) is 0 Å². The van der Waals surface area contributed by atoms with E-state index in [0.717, 1.165) is 45.1 Å². The molecular weight excluding hydrogens is 254 g/mol. The number of hydrogen-bond donors (Lipinski definition) is 1. The maximum Gasteiger partial charge on any atom is 0.307 e. The fourth-order valence-electron chi connectivity index (χ4n) is 2.96. The molecule has 0 spiro atoms. The molecule has 1 amide bonds. The van der Waals surface area contributed by atoms with Gasteiger partial charge in [-0.05, 0) is 32.6 Å². The molecule has 4 nitrogen and oxygen atoms in total. The molecule has 1 N–H and O–H groups in total. The molecule has 0 saturated heterocycles. The molecule has 20 heavy (non-hydrogen) atoms. The van der Waals surface area contributed by atoms with Crippen LogP contribution < -0.4 is 0 Å². The molecule has 1 fully saturated rings. The number of unbranched alkanes of at least 4 members (excludes halogenated alkanes) is 2. The van der Waals surface area contributed by atoms with Gasteiger partial charge in [0.15, 0.2) is 0 Å². The van der Waals surface area contributed by atoms with Gasteiger partial charge in [0.25, 0.3) is 0 Å². The van der Waals surface area contributed by atoms with E-state index in [0.29, 0.717) is 6.42 Å². The van der Waals surface area contributed by atoms with E-state index in [1.54, 1.807) is 0 Å². The van der Waals surface area contributed by atoms with Crippen molar-refractivity contribution < 1.29 is 14.7 Å². The van der Waals surface area contributed by atoms with Gasteiger partial charge in [0.05, 0.1) is 11.8 Å². The number of carbonyl (C=O) groups is 2. The van der Waals surface area contributed by atoms with Crippen molar-refractivity contribution in [2.24, 2.45) is 11.8 Å². The highest BCUT2D eigenvalue weighted by Crippen LogP contribution is 2.36. The Morgan fingerprint density at radius 1 is 1.15 bits per heavy atom. The number of aliphatic carboxylic acids is 1. The molecule has 1 aliphatic carbocycles. The molecule has 3 atom stereocenters. The van der Waals surface area contributed by atoms with Crippen LogP contribution in [0, 0.1) is 11.8 Å². The summed E-state index contributed by atoms with van der Waals surface area (Å²) < 4.78 is 0. The van der Waals surface area contributed by atoms with Gasteiger partial charge >= 0.3 is 5.97 Å². The number of carboxylic acids is 1. The highest BCUT2D eigenvalue weighted by molar-refractivity contribution is 5.86. The average molecular weight is 283 g/mol. The number of hydrogen-bond acceptors (Lipinski definition) is 2. The van der Waals surface area contributed by atoms with Gasteiger partial charge < -0.3 is 10.0 Å². The minimum absolute atomic E-state index is 0.0701. The highest BCUT2D eigenvalue weighted by atomic mass is 16.4. The molecular formula is C16H29NO3. The number of carboxylic acid groups (broad SMARTS) is 1. The van der Waals surface area contributed by atoms with Crippen LogP contribution in [0.15, 0.2) is 0 Å². The van der Waals surface area contributed by atoms with Crippen molar-refractivity contribution in [3.63, 3.8) is 0 Å². The molecule has 4 heteroatoms. The van der Waals surface area contributed by atoms with E-state index in [2.05, 4.69) is 20.8 Å². The zero-order valence-corrected chi connectivity index (χ0v) is 13.1. The summed E-state index contributed by atoms with van der Waals surface area (Å²) in [6.45, 7) is 7.13. The van der Waals surface area contributed by atoms with Crippen LogP contribution in [-0.2, 0) is 9.59 Å². The Bertz CT molecular complexity index is 330. The van der Waals surface area contributed by atoms with Gasteiger partial charge in [-0.1, -0.05) is 33.1 Å². The molecule has 0 heterocycles. The van der Waals surface area contributed by atoms with Gasteiger partial charge in [-0.25, -0.2) is 0 Å². The fourth-order valence-corrected chi connectivity index (χ4v) is 2.96. The Morgan fingerprint density at radius 3 is 2.25 bits per heavy atom. The van der Waals surface area contributed by atoms with E-state index in [1.807, 2.05) is 4.90 Å². The third-order valence-electron chi connectivity index (χ3n) is 4.43. The Kier molecular flexibility index (Phi) is 7.03. The largest absolute Gasteiger partial charge is 0.481 e. The topological polar surface area (TPSA) is 57.6 Å². The van der Waals surface area contributed by atoms with Gasteiger partial charge in [-0.2, -0.15) is 0 Å². The third-order valence-corrected chi connectivity index (χ3v) is 4.43. The summed E-state index contributed by atoms with van der Waals surface area (Å²) in [5.41, 5.74) is 0. The molecule has 116 valence electrons. The molecule has 0 aromatic rings. The van der Waals surface area contributed by atoms with Crippen molar-refractivity contribution in [3.8, 4) is 0 Å². The van der Waals surface area contributed by atoms with E-state index in [4.69, 9.17) is 5.11 Å². The molecule has 0 bridgehead atoms. The van der Waals surface area contributed by atoms with Crippen molar-refractivity contribution in [1.82, 2.24) is 4.90 Å².